The molecule has 2 aromatic carbocycles. The number of likely N-dealkylation sites (N-methyl/N-ethyl adjacent to an activating group) is 1. The fraction of sp³-hybridized carbons (Fsp3) is 0.452. The van der Waals surface area contributed by atoms with Gasteiger partial charge in [0.1, 0.15) is 11.9 Å². The number of aromatic amines is 1. The maximum Gasteiger partial charge on any atom is 0.407 e. The van der Waals surface area contributed by atoms with Crippen LogP contribution in [0.4, 0.5) is 16.2 Å². The van der Waals surface area contributed by atoms with E-state index in [0.717, 1.165) is 55.8 Å². The van der Waals surface area contributed by atoms with Crippen molar-refractivity contribution < 1.29 is 19.2 Å². The van der Waals surface area contributed by atoms with Crippen LogP contribution < -0.4 is 10.2 Å². The van der Waals surface area contributed by atoms with Crippen LogP contribution in [0.5, 0.6) is 0 Å². The predicted octanol–water partition coefficient (Wildman–Crippen LogP) is 4.45. The molecule has 3 aromatic rings. The molecule has 0 spiro atoms. The minimum Gasteiger partial charge on any atom is -0.453 e. The largest absolute Gasteiger partial charge is 0.453 e. The lowest BCUT2D eigenvalue weighted by Gasteiger charge is -2.34. The zero-order valence-corrected chi connectivity index (χ0v) is 25.1. The summed E-state index contributed by atoms with van der Waals surface area (Å²) in [6.45, 7) is 8.18. The summed E-state index contributed by atoms with van der Waals surface area (Å²) in [6.07, 6.45) is 2.59. The highest BCUT2D eigenvalue weighted by Gasteiger charge is 2.37. The van der Waals surface area contributed by atoms with E-state index in [1.54, 1.807) is 17.2 Å². The van der Waals surface area contributed by atoms with Gasteiger partial charge in [-0.3, -0.25) is 14.9 Å². The van der Waals surface area contributed by atoms with E-state index in [9.17, 15) is 19.7 Å². The Kier molecular flexibility index (Phi) is 8.95. The lowest BCUT2D eigenvalue weighted by Crippen LogP contribution is -2.51. The van der Waals surface area contributed by atoms with Crippen LogP contribution in [0.2, 0.25) is 0 Å². The number of ether oxygens (including phenoxy) is 1. The van der Waals surface area contributed by atoms with Crippen molar-refractivity contribution in [1.82, 2.24) is 25.1 Å². The van der Waals surface area contributed by atoms with Gasteiger partial charge in [0.05, 0.1) is 35.5 Å². The highest BCUT2D eigenvalue weighted by Crippen LogP contribution is 2.36. The minimum atomic E-state index is -0.720. The smallest absolute Gasteiger partial charge is 0.407 e. The van der Waals surface area contributed by atoms with Crippen LogP contribution in [0.15, 0.2) is 48.7 Å². The van der Waals surface area contributed by atoms with Crippen molar-refractivity contribution in [3.8, 4) is 22.4 Å². The molecular weight excluding hydrogens is 550 g/mol. The van der Waals surface area contributed by atoms with E-state index < -0.39 is 12.1 Å². The fourth-order valence-corrected chi connectivity index (χ4v) is 5.86. The number of likely N-dealkylation sites (tertiary alicyclic amines) is 1. The first-order valence-corrected chi connectivity index (χ1v) is 14.7. The molecule has 0 saturated carbocycles. The summed E-state index contributed by atoms with van der Waals surface area (Å²) in [6, 6.07) is 12.0. The molecule has 12 heteroatoms. The van der Waals surface area contributed by atoms with Crippen molar-refractivity contribution in [2.24, 2.45) is 5.92 Å². The van der Waals surface area contributed by atoms with E-state index in [1.807, 2.05) is 44.2 Å². The molecule has 12 nitrogen and oxygen atoms in total. The molecule has 2 fully saturated rings. The van der Waals surface area contributed by atoms with Crippen LogP contribution in [0.3, 0.4) is 0 Å². The first-order chi connectivity index (χ1) is 20.7. The number of carbonyl (C=O) groups excluding carboxylic acids is 2. The van der Waals surface area contributed by atoms with Crippen molar-refractivity contribution >= 4 is 23.4 Å². The number of amides is 2. The Bertz CT molecular complexity index is 1460. The Balaban J connectivity index is 1.39. The zero-order valence-electron chi connectivity index (χ0n) is 25.1. The number of methoxy groups -OCH3 is 1. The lowest BCUT2D eigenvalue weighted by molar-refractivity contribution is -0.384. The number of hydrogen-bond acceptors (Lipinski definition) is 8. The zero-order chi connectivity index (χ0) is 30.7. The number of nitro benzene ring substituents is 1. The number of benzene rings is 2. The third-order valence-electron chi connectivity index (χ3n) is 8.39. The summed E-state index contributed by atoms with van der Waals surface area (Å²) >= 11 is 0. The van der Waals surface area contributed by atoms with Crippen molar-refractivity contribution in [2.45, 2.75) is 38.8 Å². The maximum atomic E-state index is 13.5. The Morgan fingerprint density at radius 1 is 1.07 bits per heavy atom. The summed E-state index contributed by atoms with van der Waals surface area (Å²) in [5.74, 6) is 0.325. The van der Waals surface area contributed by atoms with Gasteiger partial charge in [0, 0.05) is 50.0 Å². The summed E-state index contributed by atoms with van der Waals surface area (Å²) in [5.41, 5.74) is 3.87. The standard InChI is InChI=1S/C31H39N7O5/c1-20(2)28(34-31(40)43-4)30(39)37-13-5-6-27(37)29-32-19-25(33-29)22-9-12-26(38(41)42)24(18-22)21-7-10-23(11-8-21)36-16-14-35(3)15-17-36/h7-12,18-20,27-28H,5-6,13-17H2,1-4H3,(H,32,33)(H,34,40)/t27-,28-/m0/s1. The molecule has 0 radical (unpaired) electrons. The number of nitrogens with one attached hydrogen (secondary N) is 2. The van der Waals surface area contributed by atoms with Crippen LogP contribution in [-0.4, -0.2) is 89.6 Å². The summed E-state index contributed by atoms with van der Waals surface area (Å²) in [7, 11) is 3.39. The van der Waals surface area contributed by atoms with Crippen LogP contribution in [-0.2, 0) is 9.53 Å². The van der Waals surface area contributed by atoms with Crippen LogP contribution in [0.1, 0.15) is 38.6 Å². The number of carbonyl (C=O) groups is 2. The third-order valence-corrected chi connectivity index (χ3v) is 8.39. The Hall–Kier alpha value is -4.45. The summed E-state index contributed by atoms with van der Waals surface area (Å²) in [5, 5.41) is 14.6. The molecule has 5 rings (SSSR count). The van der Waals surface area contributed by atoms with Crippen LogP contribution in [0, 0.1) is 16.0 Å². The van der Waals surface area contributed by atoms with Gasteiger partial charge in [0.2, 0.25) is 5.91 Å². The van der Waals surface area contributed by atoms with Gasteiger partial charge in [0.15, 0.2) is 0 Å². The molecule has 2 amide bonds. The summed E-state index contributed by atoms with van der Waals surface area (Å²) in [4.78, 5) is 51.3. The molecule has 3 heterocycles. The Morgan fingerprint density at radius 3 is 2.42 bits per heavy atom. The number of imidazole rings is 1. The fourth-order valence-electron chi connectivity index (χ4n) is 5.86. The van der Waals surface area contributed by atoms with E-state index in [4.69, 9.17) is 4.74 Å². The molecule has 0 unspecified atom stereocenters. The monoisotopic (exact) mass is 589 g/mol. The van der Waals surface area contributed by atoms with E-state index in [1.165, 1.54) is 13.2 Å². The van der Waals surface area contributed by atoms with Gasteiger partial charge in [0.25, 0.3) is 5.69 Å². The van der Waals surface area contributed by atoms with Gasteiger partial charge in [-0.05, 0) is 55.6 Å². The second-order valence-corrected chi connectivity index (χ2v) is 11.6. The first kappa shape index (κ1) is 30.0. The highest BCUT2D eigenvalue weighted by atomic mass is 16.6. The van der Waals surface area contributed by atoms with Gasteiger partial charge in [-0.1, -0.05) is 26.0 Å². The molecule has 228 valence electrons. The molecule has 2 atom stereocenters. The molecule has 2 N–H and O–H groups in total. The van der Waals surface area contributed by atoms with Gasteiger partial charge in [-0.15, -0.1) is 0 Å². The second-order valence-electron chi connectivity index (χ2n) is 11.6. The molecule has 0 aliphatic carbocycles. The van der Waals surface area contributed by atoms with Gasteiger partial charge in [-0.2, -0.15) is 0 Å². The molecule has 2 aliphatic rings. The minimum absolute atomic E-state index is 0.0289. The number of hydrogen-bond donors (Lipinski definition) is 2. The van der Waals surface area contributed by atoms with Crippen LogP contribution in [0.25, 0.3) is 22.4 Å². The average molecular weight is 590 g/mol. The van der Waals surface area contributed by atoms with E-state index in [0.29, 0.717) is 23.6 Å². The number of rotatable bonds is 8. The van der Waals surface area contributed by atoms with Gasteiger partial charge >= 0.3 is 6.09 Å². The van der Waals surface area contributed by atoms with Crippen molar-refractivity contribution in [1.29, 1.82) is 0 Å². The number of nitro groups is 1. The topological polar surface area (TPSA) is 137 Å². The SMILES string of the molecule is COC(=O)N[C@H](C(=O)N1CCC[C@H]1c1ncc(-c2ccc([N+](=O)[O-])c(-c3ccc(N4CCN(C)CC4)cc3)c2)[nH]1)C(C)C. The Morgan fingerprint density at radius 2 is 1.77 bits per heavy atom. The van der Waals surface area contributed by atoms with E-state index in [-0.39, 0.29) is 28.5 Å². The number of nitrogens with zero attached hydrogens (tertiary/aromatic N) is 5. The van der Waals surface area contributed by atoms with Crippen molar-refractivity contribution in [2.75, 3.05) is 51.8 Å². The van der Waals surface area contributed by atoms with Gasteiger partial charge < -0.3 is 29.7 Å². The molecule has 0 bridgehead atoms. The van der Waals surface area contributed by atoms with E-state index in [2.05, 4.69) is 32.1 Å². The van der Waals surface area contributed by atoms with Gasteiger partial charge in [-0.25, -0.2) is 9.78 Å². The number of H-pyrrole nitrogens is 1. The number of piperazine rings is 1. The first-order valence-electron chi connectivity index (χ1n) is 14.7. The maximum absolute atomic E-state index is 13.5. The van der Waals surface area contributed by atoms with Crippen LogP contribution >= 0.6 is 0 Å². The molecule has 43 heavy (non-hydrogen) atoms. The molecular formula is C31H39N7O5. The highest BCUT2D eigenvalue weighted by molar-refractivity contribution is 5.86. The molecule has 2 aliphatic heterocycles. The quantitative estimate of drug-likeness (QED) is 0.291. The number of aromatic nitrogens is 2. The van der Waals surface area contributed by atoms with E-state index >= 15 is 0 Å². The predicted molar refractivity (Wildman–Crippen MR) is 164 cm³/mol. The van der Waals surface area contributed by atoms with Crippen molar-refractivity contribution in [3.05, 3.63) is 64.6 Å². The third kappa shape index (κ3) is 6.48. The number of anilines is 1. The lowest BCUT2D eigenvalue weighted by atomic mass is 9.99. The Labute approximate surface area is 251 Å². The number of alkyl carbamates (subject to hydrolysis) is 1. The molecule has 2 saturated heterocycles. The second kappa shape index (κ2) is 12.8. The summed E-state index contributed by atoms with van der Waals surface area (Å²) < 4.78 is 4.72. The average Bonchev–Trinajstić information content (AvgIpc) is 3.70. The molecule has 1 aromatic heterocycles. The normalized spacial score (nSPS) is 18.1. The van der Waals surface area contributed by atoms with Crippen molar-refractivity contribution in [3.63, 3.8) is 0 Å².